The molecule has 0 spiro atoms. The number of ether oxygens (including phenoxy) is 2. The number of allylic oxidation sites excluding steroid dienone is 2. The van der Waals surface area contributed by atoms with Crippen LogP contribution < -0.4 is 17.1 Å². The first kappa shape index (κ1) is 39.9. The van der Waals surface area contributed by atoms with Crippen molar-refractivity contribution in [2.24, 2.45) is 21.7 Å². The summed E-state index contributed by atoms with van der Waals surface area (Å²) in [5.41, 5.74) is -0.00675. The third kappa shape index (κ3) is 10.4. The van der Waals surface area contributed by atoms with Crippen molar-refractivity contribution in [1.29, 1.82) is 0 Å². The lowest BCUT2D eigenvalue weighted by molar-refractivity contribution is -0.0190. The molecule has 0 N–H and O–H groups in total. The van der Waals surface area contributed by atoms with E-state index >= 15 is 0 Å². The Labute approximate surface area is 279 Å². The summed E-state index contributed by atoms with van der Waals surface area (Å²) in [5, 5.41) is 0. The quantitative estimate of drug-likeness (QED) is 0.0536. The molecule has 46 heavy (non-hydrogen) atoms. The second-order valence-electron chi connectivity index (χ2n) is 16.3. The Balaban J connectivity index is 2.28. The first-order chi connectivity index (χ1) is 21.3. The molecule has 8 nitrogen and oxygen atoms in total. The van der Waals surface area contributed by atoms with Gasteiger partial charge in [0.2, 0.25) is 0 Å². The first-order valence-electron chi connectivity index (χ1n) is 17.3. The SMILES string of the molecule is C=CC(C)(C)CCCn1c(=O)n(CCCC(C)(C=C)C(C)(C)C(C)(C)CCCOCC2CO2)c(=O)n(CCC[Si](C)(C)C=C)c1=O. The molecule has 0 aromatic carbocycles. The van der Waals surface area contributed by atoms with Gasteiger partial charge >= 0.3 is 17.1 Å². The van der Waals surface area contributed by atoms with Gasteiger partial charge in [0.15, 0.2) is 0 Å². The number of aromatic nitrogens is 3. The summed E-state index contributed by atoms with van der Waals surface area (Å²) in [4.78, 5) is 41.0. The Morgan fingerprint density at radius 2 is 1.28 bits per heavy atom. The molecule has 1 aliphatic rings. The van der Waals surface area contributed by atoms with Gasteiger partial charge < -0.3 is 9.47 Å². The molecule has 2 heterocycles. The first-order valence-corrected chi connectivity index (χ1v) is 20.6. The largest absolute Gasteiger partial charge is 0.379 e. The van der Waals surface area contributed by atoms with Gasteiger partial charge in [-0.15, -0.1) is 25.4 Å². The molecule has 1 aromatic rings. The van der Waals surface area contributed by atoms with Crippen LogP contribution in [0.5, 0.6) is 0 Å². The average molecular weight is 660 g/mol. The minimum Gasteiger partial charge on any atom is -0.379 e. The highest BCUT2D eigenvalue weighted by atomic mass is 28.3. The van der Waals surface area contributed by atoms with E-state index in [1.165, 1.54) is 13.7 Å². The molecule has 1 aromatic heterocycles. The highest BCUT2D eigenvalue weighted by Crippen LogP contribution is 2.56. The summed E-state index contributed by atoms with van der Waals surface area (Å²) in [7, 11) is -1.60. The van der Waals surface area contributed by atoms with Crippen molar-refractivity contribution < 1.29 is 9.47 Å². The van der Waals surface area contributed by atoms with Gasteiger partial charge in [0.05, 0.1) is 21.3 Å². The van der Waals surface area contributed by atoms with E-state index in [1.807, 2.05) is 17.9 Å². The van der Waals surface area contributed by atoms with Gasteiger partial charge in [-0.1, -0.05) is 79.8 Å². The molecule has 9 heteroatoms. The molecule has 262 valence electrons. The molecule has 1 fully saturated rings. The molecular formula is C37H65N3O5Si. The van der Waals surface area contributed by atoms with Gasteiger partial charge in [0.25, 0.3) is 0 Å². The minimum absolute atomic E-state index is 0.0199. The fraction of sp³-hybridized carbons (Fsp3) is 0.757. The predicted octanol–water partition coefficient (Wildman–Crippen LogP) is 7.21. The van der Waals surface area contributed by atoms with E-state index in [-0.39, 0.29) is 40.9 Å². The Kier molecular flexibility index (Phi) is 14.1. The fourth-order valence-corrected chi connectivity index (χ4v) is 7.47. The van der Waals surface area contributed by atoms with E-state index in [2.05, 4.69) is 81.3 Å². The van der Waals surface area contributed by atoms with Crippen molar-refractivity contribution in [3.63, 3.8) is 0 Å². The lowest BCUT2D eigenvalue weighted by Gasteiger charge is -2.53. The van der Waals surface area contributed by atoms with E-state index in [9.17, 15) is 14.4 Å². The summed E-state index contributed by atoms with van der Waals surface area (Å²) >= 11 is 0. The smallest absolute Gasteiger partial charge is 0.336 e. The average Bonchev–Trinajstić information content (AvgIpc) is 3.82. The van der Waals surface area contributed by atoms with Gasteiger partial charge in [-0.25, -0.2) is 28.1 Å². The second kappa shape index (κ2) is 16.2. The van der Waals surface area contributed by atoms with Crippen molar-refractivity contribution in [2.45, 2.75) is 138 Å². The molecule has 1 saturated heterocycles. The van der Waals surface area contributed by atoms with E-state index in [0.29, 0.717) is 39.0 Å². The van der Waals surface area contributed by atoms with Crippen LogP contribution in [0, 0.1) is 21.7 Å². The molecule has 0 radical (unpaired) electrons. The topological polar surface area (TPSA) is 87.8 Å². The molecule has 2 rings (SSSR count). The van der Waals surface area contributed by atoms with Gasteiger partial charge in [-0.3, -0.25) is 0 Å². The fourth-order valence-electron chi connectivity index (χ4n) is 6.20. The van der Waals surface area contributed by atoms with Crippen molar-refractivity contribution in [3.8, 4) is 0 Å². The van der Waals surface area contributed by atoms with Crippen LogP contribution in [-0.4, -0.2) is 47.7 Å². The number of hydrogen-bond acceptors (Lipinski definition) is 5. The Bertz CT molecular complexity index is 1300. The molecule has 2 atom stereocenters. The predicted molar refractivity (Wildman–Crippen MR) is 194 cm³/mol. The molecule has 0 bridgehead atoms. The van der Waals surface area contributed by atoms with Crippen LogP contribution in [0.2, 0.25) is 19.1 Å². The third-order valence-electron chi connectivity index (χ3n) is 11.3. The van der Waals surface area contributed by atoms with Crippen LogP contribution in [-0.2, 0) is 29.1 Å². The Hall–Kier alpha value is -2.23. The Morgan fingerprint density at radius 1 is 0.783 bits per heavy atom. The van der Waals surface area contributed by atoms with Crippen LogP contribution in [0.15, 0.2) is 52.0 Å². The maximum atomic E-state index is 13.7. The number of hydrogen-bond donors (Lipinski definition) is 0. The maximum Gasteiger partial charge on any atom is 0.336 e. The van der Waals surface area contributed by atoms with Crippen LogP contribution in [0.4, 0.5) is 0 Å². The highest BCUT2D eigenvalue weighted by molar-refractivity contribution is 6.82. The lowest BCUT2D eigenvalue weighted by atomic mass is 9.52. The standard InChI is InChI=1S/C37H65N3O5Si/c1-13-34(4,5)20-16-23-38-31(41)39(33(43)40(32(38)42)25-19-27-46(11,12)15-3)24-17-22-37(10,14-2)36(8,9)35(6,7)21-18-26-44-28-30-29-45-30/h13-15,30H,1-3,16-29H2,4-12H3. The van der Waals surface area contributed by atoms with Crippen molar-refractivity contribution in [3.05, 3.63) is 69.0 Å². The van der Waals surface area contributed by atoms with Crippen molar-refractivity contribution in [1.82, 2.24) is 13.7 Å². The van der Waals surface area contributed by atoms with Gasteiger partial charge in [-0.05, 0) is 66.6 Å². The van der Waals surface area contributed by atoms with E-state index in [4.69, 9.17) is 9.47 Å². The number of epoxide rings is 1. The summed E-state index contributed by atoms with van der Waals surface area (Å²) in [6, 6.07) is 0.915. The molecule has 0 amide bonds. The normalized spacial score (nSPS) is 17.0. The van der Waals surface area contributed by atoms with E-state index in [1.54, 1.807) is 0 Å². The molecule has 0 aliphatic carbocycles. The number of rotatable bonds is 23. The molecule has 1 aliphatic heterocycles. The zero-order valence-corrected chi connectivity index (χ0v) is 31.7. The zero-order valence-electron chi connectivity index (χ0n) is 30.7. The third-order valence-corrected chi connectivity index (χ3v) is 14.1. The molecule has 0 saturated carbocycles. The number of nitrogens with zero attached hydrogens (tertiary/aromatic N) is 3. The van der Waals surface area contributed by atoms with E-state index < -0.39 is 25.1 Å². The monoisotopic (exact) mass is 659 g/mol. The highest BCUT2D eigenvalue weighted by Gasteiger charge is 2.48. The van der Waals surface area contributed by atoms with Crippen LogP contribution in [0.3, 0.4) is 0 Å². The van der Waals surface area contributed by atoms with Crippen molar-refractivity contribution in [2.75, 3.05) is 19.8 Å². The maximum absolute atomic E-state index is 13.7. The zero-order chi connectivity index (χ0) is 35.0. The van der Waals surface area contributed by atoms with Gasteiger partial charge in [0.1, 0.15) is 6.10 Å². The summed E-state index contributed by atoms with van der Waals surface area (Å²) in [6.45, 7) is 35.2. The van der Waals surface area contributed by atoms with Gasteiger partial charge in [0, 0.05) is 26.2 Å². The summed E-state index contributed by atoms with van der Waals surface area (Å²) in [5.74, 6) is 0. The van der Waals surface area contributed by atoms with Crippen molar-refractivity contribution >= 4 is 8.07 Å². The summed E-state index contributed by atoms with van der Waals surface area (Å²) in [6.07, 6.45) is 9.66. The minimum atomic E-state index is -1.60. The summed E-state index contributed by atoms with van der Waals surface area (Å²) < 4.78 is 14.9. The second-order valence-corrected chi connectivity index (χ2v) is 21.1. The Morgan fingerprint density at radius 3 is 1.74 bits per heavy atom. The van der Waals surface area contributed by atoms with Crippen LogP contribution in [0.1, 0.15) is 93.4 Å². The van der Waals surface area contributed by atoms with E-state index in [0.717, 1.165) is 38.3 Å². The molecular weight excluding hydrogens is 595 g/mol. The van der Waals surface area contributed by atoms with Crippen LogP contribution >= 0.6 is 0 Å². The lowest BCUT2D eigenvalue weighted by Crippen LogP contribution is -2.54. The molecule has 2 unspecified atom stereocenters. The van der Waals surface area contributed by atoms with Crippen LogP contribution in [0.25, 0.3) is 0 Å². The van der Waals surface area contributed by atoms with Gasteiger partial charge in [-0.2, -0.15) is 0 Å².